The first-order chi connectivity index (χ1) is 13.3. The average Bonchev–Trinajstić information content (AvgIpc) is 3.23. The minimum atomic E-state index is -0.145. The molecule has 1 N–H and O–H groups in total. The van der Waals surface area contributed by atoms with Crippen LogP contribution in [0.2, 0.25) is 0 Å². The highest BCUT2D eigenvalue weighted by Gasteiger charge is 2.32. The monoisotopic (exact) mass is 401 g/mol. The molecule has 2 aliphatic heterocycles. The van der Waals surface area contributed by atoms with Crippen molar-refractivity contribution in [3.05, 3.63) is 47.8 Å². The maximum atomic E-state index is 12.9. The molecule has 7 heteroatoms. The summed E-state index contributed by atoms with van der Waals surface area (Å²) in [6, 6.07) is 9.96. The van der Waals surface area contributed by atoms with Crippen LogP contribution in [0.25, 0.3) is 0 Å². The molecule has 0 spiro atoms. The summed E-state index contributed by atoms with van der Waals surface area (Å²) in [5, 5.41) is 3.08. The van der Waals surface area contributed by atoms with E-state index in [0.717, 1.165) is 42.4 Å². The van der Waals surface area contributed by atoms with Crippen LogP contribution in [0, 0.1) is 0 Å². The number of hydrogen-bond donors (Lipinski definition) is 1. The fourth-order valence-corrected chi connectivity index (χ4v) is 3.99. The molecule has 3 heterocycles. The molecule has 1 saturated carbocycles. The first-order valence-electron chi connectivity index (χ1n) is 9.66. The summed E-state index contributed by atoms with van der Waals surface area (Å²) < 4.78 is 11.0. The van der Waals surface area contributed by atoms with Gasteiger partial charge in [-0.15, -0.1) is 12.4 Å². The van der Waals surface area contributed by atoms with Crippen molar-refractivity contribution in [1.29, 1.82) is 0 Å². The zero-order valence-corrected chi connectivity index (χ0v) is 16.4. The number of anilines is 1. The van der Waals surface area contributed by atoms with Crippen molar-refractivity contribution in [2.24, 2.45) is 0 Å². The van der Waals surface area contributed by atoms with E-state index in [1.807, 2.05) is 18.2 Å². The third kappa shape index (κ3) is 3.80. The summed E-state index contributed by atoms with van der Waals surface area (Å²) >= 11 is 0. The number of nitrogens with zero attached hydrogens (tertiary/aromatic N) is 2. The Bertz CT molecular complexity index is 854. The topological polar surface area (TPSA) is 63.7 Å². The average molecular weight is 402 g/mol. The second-order valence-electron chi connectivity index (χ2n) is 7.51. The van der Waals surface area contributed by atoms with Crippen LogP contribution in [0.5, 0.6) is 11.5 Å². The van der Waals surface area contributed by atoms with Gasteiger partial charge in [-0.3, -0.25) is 14.7 Å². The van der Waals surface area contributed by atoms with Crippen molar-refractivity contribution in [2.75, 3.05) is 18.7 Å². The molecule has 28 heavy (non-hydrogen) atoms. The Hall–Kier alpha value is -2.31. The predicted octanol–water partition coefficient (Wildman–Crippen LogP) is 3.71. The van der Waals surface area contributed by atoms with E-state index in [9.17, 15) is 4.79 Å². The maximum absolute atomic E-state index is 12.9. The lowest BCUT2D eigenvalue weighted by Gasteiger charge is -2.23. The number of pyridine rings is 1. The van der Waals surface area contributed by atoms with Crippen molar-refractivity contribution in [2.45, 2.75) is 44.2 Å². The number of hydrogen-bond acceptors (Lipinski definition) is 5. The number of aromatic nitrogens is 1. The molecule has 1 saturated heterocycles. The summed E-state index contributed by atoms with van der Waals surface area (Å²) in [6.07, 6.45) is 6.17. The zero-order valence-electron chi connectivity index (χ0n) is 15.6. The number of halogens is 1. The fourth-order valence-electron chi connectivity index (χ4n) is 3.99. The SMILES string of the molecule is Cl.O=C(Nc1ccc(C2CC2)cc1)[C@H]1CCCN1Cc1nccc2c1OCO2. The van der Waals surface area contributed by atoms with Crippen molar-refractivity contribution in [1.82, 2.24) is 9.88 Å². The van der Waals surface area contributed by atoms with E-state index in [0.29, 0.717) is 12.3 Å². The smallest absolute Gasteiger partial charge is 0.241 e. The summed E-state index contributed by atoms with van der Waals surface area (Å²) in [5.41, 5.74) is 3.08. The van der Waals surface area contributed by atoms with Crippen LogP contribution >= 0.6 is 12.4 Å². The maximum Gasteiger partial charge on any atom is 0.241 e. The van der Waals surface area contributed by atoms with Crippen LogP contribution in [-0.2, 0) is 11.3 Å². The number of carbonyl (C=O) groups excluding carboxylic acids is 1. The Morgan fingerprint density at radius 2 is 1.96 bits per heavy atom. The molecule has 3 aliphatic rings. The predicted molar refractivity (Wildman–Crippen MR) is 108 cm³/mol. The van der Waals surface area contributed by atoms with Crippen LogP contribution in [0.15, 0.2) is 36.5 Å². The van der Waals surface area contributed by atoms with Crippen molar-refractivity contribution < 1.29 is 14.3 Å². The highest BCUT2D eigenvalue weighted by molar-refractivity contribution is 5.95. The fraction of sp³-hybridized carbons (Fsp3) is 0.429. The highest BCUT2D eigenvalue weighted by Crippen LogP contribution is 2.40. The van der Waals surface area contributed by atoms with Gasteiger partial charge in [0, 0.05) is 24.5 Å². The van der Waals surface area contributed by atoms with Gasteiger partial charge in [0.15, 0.2) is 11.5 Å². The van der Waals surface area contributed by atoms with Gasteiger partial charge in [0.25, 0.3) is 0 Å². The van der Waals surface area contributed by atoms with Crippen LogP contribution in [0.4, 0.5) is 5.69 Å². The zero-order chi connectivity index (χ0) is 18.2. The molecule has 0 bridgehead atoms. The van der Waals surface area contributed by atoms with Gasteiger partial charge in [-0.2, -0.15) is 0 Å². The highest BCUT2D eigenvalue weighted by atomic mass is 35.5. The normalized spacial score (nSPS) is 20.6. The molecule has 0 unspecified atom stereocenters. The third-order valence-electron chi connectivity index (χ3n) is 5.61. The van der Waals surface area contributed by atoms with Gasteiger partial charge >= 0.3 is 0 Å². The summed E-state index contributed by atoms with van der Waals surface area (Å²) in [7, 11) is 0. The second-order valence-corrected chi connectivity index (χ2v) is 7.51. The Labute approximate surface area is 170 Å². The van der Waals surface area contributed by atoms with E-state index in [4.69, 9.17) is 9.47 Å². The van der Waals surface area contributed by atoms with Gasteiger partial charge in [-0.25, -0.2) is 0 Å². The van der Waals surface area contributed by atoms with E-state index < -0.39 is 0 Å². The lowest BCUT2D eigenvalue weighted by molar-refractivity contribution is -0.120. The minimum absolute atomic E-state index is 0. The molecule has 1 amide bonds. The number of ether oxygens (including phenoxy) is 2. The van der Waals surface area contributed by atoms with Crippen LogP contribution in [0.3, 0.4) is 0 Å². The van der Waals surface area contributed by atoms with Gasteiger partial charge < -0.3 is 14.8 Å². The van der Waals surface area contributed by atoms with Crippen LogP contribution in [-0.4, -0.2) is 35.2 Å². The van der Waals surface area contributed by atoms with Crippen molar-refractivity contribution in [3.8, 4) is 11.5 Å². The van der Waals surface area contributed by atoms with E-state index in [1.54, 1.807) is 6.20 Å². The summed E-state index contributed by atoms with van der Waals surface area (Å²) in [6.45, 7) is 1.70. The van der Waals surface area contributed by atoms with Gasteiger partial charge in [0.1, 0.15) is 5.69 Å². The Balaban J connectivity index is 0.00000192. The van der Waals surface area contributed by atoms with Crippen molar-refractivity contribution in [3.63, 3.8) is 0 Å². The van der Waals surface area contributed by atoms with E-state index in [2.05, 4.69) is 27.3 Å². The number of amides is 1. The minimum Gasteiger partial charge on any atom is -0.453 e. The second kappa shape index (κ2) is 7.97. The molecular weight excluding hydrogens is 378 g/mol. The molecule has 1 aromatic carbocycles. The van der Waals surface area contributed by atoms with E-state index in [1.165, 1.54) is 18.4 Å². The molecular formula is C21H24ClN3O3. The van der Waals surface area contributed by atoms with Crippen LogP contribution in [0.1, 0.15) is 42.9 Å². The number of benzene rings is 1. The van der Waals surface area contributed by atoms with E-state index >= 15 is 0 Å². The summed E-state index contributed by atoms with van der Waals surface area (Å²) in [4.78, 5) is 19.5. The molecule has 1 atom stereocenters. The summed E-state index contributed by atoms with van der Waals surface area (Å²) in [5.74, 6) is 2.22. The van der Waals surface area contributed by atoms with Gasteiger partial charge in [0.05, 0.1) is 6.04 Å². The number of likely N-dealkylation sites (tertiary alicyclic amines) is 1. The first kappa shape index (κ1) is 19.0. The molecule has 6 nitrogen and oxygen atoms in total. The van der Waals surface area contributed by atoms with Crippen molar-refractivity contribution >= 4 is 24.0 Å². The Kier molecular flexibility index (Phi) is 5.42. The number of fused-ring (bicyclic) bond motifs is 1. The molecule has 2 aromatic rings. The van der Waals surface area contributed by atoms with Gasteiger partial charge in [-0.05, 0) is 55.8 Å². The lowest BCUT2D eigenvalue weighted by atomic mass is 10.1. The molecule has 148 valence electrons. The Morgan fingerprint density at radius 1 is 1.14 bits per heavy atom. The number of nitrogens with one attached hydrogen (secondary N) is 1. The Morgan fingerprint density at radius 3 is 2.75 bits per heavy atom. The standard InChI is InChI=1S/C21H23N3O3.ClH/c25-21(23-16-7-5-15(6-8-16)14-3-4-14)18-2-1-11-24(18)12-17-20-19(9-10-22-17)26-13-27-20;/h5-10,14,18H,1-4,11-13H2,(H,23,25);1H/t18-;/m1./s1. The quantitative estimate of drug-likeness (QED) is 0.827. The van der Waals surface area contributed by atoms with Gasteiger partial charge in [0.2, 0.25) is 12.7 Å². The lowest BCUT2D eigenvalue weighted by Crippen LogP contribution is -2.39. The van der Waals surface area contributed by atoms with E-state index in [-0.39, 0.29) is 31.1 Å². The third-order valence-corrected chi connectivity index (χ3v) is 5.61. The number of rotatable bonds is 5. The van der Waals surface area contributed by atoms with Crippen LogP contribution < -0.4 is 14.8 Å². The molecule has 0 radical (unpaired) electrons. The molecule has 2 fully saturated rings. The van der Waals surface area contributed by atoms with Gasteiger partial charge in [-0.1, -0.05) is 12.1 Å². The molecule has 5 rings (SSSR count). The number of carbonyl (C=O) groups is 1. The largest absolute Gasteiger partial charge is 0.453 e. The molecule has 1 aliphatic carbocycles. The molecule has 1 aromatic heterocycles. The first-order valence-corrected chi connectivity index (χ1v) is 9.66.